The van der Waals surface area contributed by atoms with Crippen molar-refractivity contribution in [3.63, 3.8) is 0 Å². The fourth-order valence-electron chi connectivity index (χ4n) is 3.35. The molecular weight excluding hydrogens is 387 g/mol. The van der Waals surface area contributed by atoms with Crippen molar-refractivity contribution in [3.8, 4) is 11.1 Å². The molecule has 0 atom stereocenters. The van der Waals surface area contributed by atoms with Crippen molar-refractivity contribution in [2.45, 2.75) is 13.3 Å². The fourth-order valence-corrected chi connectivity index (χ4v) is 3.35. The summed E-state index contributed by atoms with van der Waals surface area (Å²) in [4.78, 5) is 17.7. The normalized spacial score (nSPS) is 11.4. The highest BCUT2D eigenvalue weighted by Crippen LogP contribution is 2.29. The summed E-state index contributed by atoms with van der Waals surface area (Å²) in [5.74, 6) is 0.244. The smallest absolute Gasteiger partial charge is 0.160 e. The van der Waals surface area contributed by atoms with Gasteiger partial charge in [0.2, 0.25) is 0 Å². The Balaban J connectivity index is 1.80. The number of pyridine rings is 2. The summed E-state index contributed by atoms with van der Waals surface area (Å²) in [6, 6.07) is 22.2. The zero-order valence-electron chi connectivity index (χ0n) is 17.2. The van der Waals surface area contributed by atoms with Crippen molar-refractivity contribution in [1.82, 2.24) is 9.97 Å². The van der Waals surface area contributed by atoms with Crippen LogP contribution in [0.15, 0.2) is 95.2 Å². The molecule has 152 valence electrons. The number of aliphatic imine (C=N–C) groups is 2. The van der Waals surface area contributed by atoms with Crippen molar-refractivity contribution in [2.24, 2.45) is 9.98 Å². The molecule has 0 N–H and O–H groups in total. The third-order valence-corrected chi connectivity index (χ3v) is 4.87. The van der Waals surface area contributed by atoms with Crippen LogP contribution in [0.5, 0.6) is 0 Å². The van der Waals surface area contributed by atoms with Gasteiger partial charge in [0.25, 0.3) is 0 Å². The van der Waals surface area contributed by atoms with Crippen molar-refractivity contribution >= 4 is 18.2 Å². The average Bonchev–Trinajstić information content (AvgIpc) is 2.79. The number of rotatable bonds is 5. The van der Waals surface area contributed by atoms with Gasteiger partial charge in [-0.2, -0.15) is 0 Å². The molecule has 0 aliphatic heterocycles. The second-order valence-electron chi connectivity index (χ2n) is 7.13. The lowest BCUT2D eigenvalue weighted by atomic mass is 9.99. The minimum absolute atomic E-state index is 0.257. The Bertz CT molecular complexity index is 1230. The standard InChI is InChI=1S/C26H21FN4/c1-18-5-3-7-24(30-18)16-22-15-20(19-8-11-23(27)12-9-19)10-13-25(22)31-26(28-2)21-6-4-14-29-17-21/h3-15,17H,2,16H2,1H3. The van der Waals surface area contributed by atoms with Gasteiger partial charge in [-0.15, -0.1) is 0 Å². The van der Waals surface area contributed by atoms with Crippen LogP contribution in [0.3, 0.4) is 0 Å². The molecule has 0 spiro atoms. The van der Waals surface area contributed by atoms with Crippen LogP contribution >= 0.6 is 0 Å². The van der Waals surface area contributed by atoms with Gasteiger partial charge in [0.05, 0.1) is 5.69 Å². The summed E-state index contributed by atoms with van der Waals surface area (Å²) in [5.41, 5.74) is 6.38. The van der Waals surface area contributed by atoms with Crippen LogP contribution in [0.2, 0.25) is 0 Å². The maximum Gasteiger partial charge on any atom is 0.160 e. The lowest BCUT2D eigenvalue weighted by molar-refractivity contribution is 0.628. The Hall–Kier alpha value is -3.99. The Morgan fingerprint density at radius 2 is 1.77 bits per heavy atom. The third-order valence-electron chi connectivity index (χ3n) is 4.87. The fraction of sp³-hybridized carbons (Fsp3) is 0.0769. The Kier molecular flexibility index (Phi) is 6.03. The van der Waals surface area contributed by atoms with Gasteiger partial charge < -0.3 is 0 Å². The molecule has 0 fully saturated rings. The molecule has 0 unspecified atom stereocenters. The van der Waals surface area contributed by atoms with Gasteiger partial charge in [0.15, 0.2) is 5.84 Å². The van der Waals surface area contributed by atoms with E-state index < -0.39 is 0 Å². The molecule has 2 aromatic heterocycles. The van der Waals surface area contributed by atoms with Crippen LogP contribution in [-0.2, 0) is 6.42 Å². The van der Waals surface area contributed by atoms with Crippen LogP contribution in [0.25, 0.3) is 11.1 Å². The van der Waals surface area contributed by atoms with Gasteiger partial charge >= 0.3 is 0 Å². The van der Waals surface area contributed by atoms with Crippen LogP contribution in [0.4, 0.5) is 10.1 Å². The van der Waals surface area contributed by atoms with Crippen LogP contribution < -0.4 is 0 Å². The van der Waals surface area contributed by atoms with E-state index in [2.05, 4.69) is 27.7 Å². The minimum Gasteiger partial charge on any atom is -0.264 e. The second-order valence-corrected chi connectivity index (χ2v) is 7.13. The number of nitrogens with zero attached hydrogens (tertiary/aromatic N) is 4. The number of hydrogen-bond donors (Lipinski definition) is 0. The van der Waals surface area contributed by atoms with Crippen LogP contribution in [0, 0.1) is 12.7 Å². The lowest BCUT2D eigenvalue weighted by Gasteiger charge is -2.11. The van der Waals surface area contributed by atoms with Crippen molar-refractivity contribution in [2.75, 3.05) is 0 Å². The number of amidine groups is 1. The minimum atomic E-state index is -0.257. The van der Waals surface area contributed by atoms with E-state index in [1.807, 2.05) is 49.4 Å². The summed E-state index contributed by atoms with van der Waals surface area (Å²) in [6.07, 6.45) is 4.02. The molecule has 0 bridgehead atoms. The van der Waals surface area contributed by atoms with Gasteiger partial charge in [0.1, 0.15) is 5.82 Å². The molecule has 4 nitrogen and oxygen atoms in total. The first-order valence-electron chi connectivity index (χ1n) is 9.89. The van der Waals surface area contributed by atoms with Gasteiger partial charge in [-0.3, -0.25) is 9.97 Å². The van der Waals surface area contributed by atoms with E-state index in [0.717, 1.165) is 39.3 Å². The maximum atomic E-state index is 13.4. The summed E-state index contributed by atoms with van der Waals surface area (Å²) in [7, 11) is 0. The summed E-state index contributed by atoms with van der Waals surface area (Å²) >= 11 is 0. The predicted molar refractivity (Wildman–Crippen MR) is 124 cm³/mol. The summed E-state index contributed by atoms with van der Waals surface area (Å²) in [6.45, 7) is 5.65. The summed E-state index contributed by atoms with van der Waals surface area (Å²) < 4.78 is 13.4. The highest BCUT2D eigenvalue weighted by molar-refractivity contribution is 6.02. The zero-order valence-corrected chi connectivity index (χ0v) is 17.2. The summed E-state index contributed by atoms with van der Waals surface area (Å²) in [5, 5.41) is 0. The average molecular weight is 408 g/mol. The zero-order chi connectivity index (χ0) is 21.6. The first kappa shape index (κ1) is 20.3. The highest BCUT2D eigenvalue weighted by Gasteiger charge is 2.10. The number of aryl methyl sites for hydroxylation is 1. The van der Waals surface area contributed by atoms with Gasteiger partial charge in [-0.25, -0.2) is 14.4 Å². The van der Waals surface area contributed by atoms with E-state index in [0.29, 0.717) is 12.3 Å². The maximum absolute atomic E-state index is 13.4. The molecule has 2 heterocycles. The Morgan fingerprint density at radius 1 is 0.968 bits per heavy atom. The molecule has 0 radical (unpaired) electrons. The van der Waals surface area contributed by atoms with E-state index in [9.17, 15) is 4.39 Å². The number of halogens is 1. The van der Waals surface area contributed by atoms with E-state index in [1.165, 1.54) is 12.1 Å². The third kappa shape index (κ3) is 4.95. The van der Waals surface area contributed by atoms with Crippen molar-refractivity contribution < 1.29 is 4.39 Å². The molecule has 2 aromatic carbocycles. The highest BCUT2D eigenvalue weighted by atomic mass is 19.1. The van der Waals surface area contributed by atoms with Crippen molar-refractivity contribution in [3.05, 3.63) is 114 Å². The number of benzene rings is 2. The van der Waals surface area contributed by atoms with E-state index in [-0.39, 0.29) is 5.82 Å². The molecule has 0 aliphatic carbocycles. The predicted octanol–water partition coefficient (Wildman–Crippen LogP) is 5.96. The topological polar surface area (TPSA) is 50.5 Å². The van der Waals surface area contributed by atoms with Crippen LogP contribution in [0.1, 0.15) is 22.5 Å². The van der Waals surface area contributed by atoms with E-state index in [1.54, 1.807) is 24.5 Å². The van der Waals surface area contributed by atoms with E-state index >= 15 is 0 Å². The molecular formula is C26H21FN4. The molecule has 31 heavy (non-hydrogen) atoms. The Labute approximate surface area is 180 Å². The lowest BCUT2D eigenvalue weighted by Crippen LogP contribution is -1.99. The molecule has 5 heteroatoms. The first-order chi connectivity index (χ1) is 15.1. The monoisotopic (exact) mass is 408 g/mol. The van der Waals surface area contributed by atoms with E-state index in [4.69, 9.17) is 4.99 Å². The second kappa shape index (κ2) is 9.22. The number of aromatic nitrogens is 2. The van der Waals surface area contributed by atoms with Crippen LogP contribution in [-0.4, -0.2) is 22.5 Å². The SMILES string of the molecule is C=NC(=Nc1ccc(-c2ccc(F)cc2)cc1Cc1cccc(C)n1)c1cccnc1. The van der Waals surface area contributed by atoms with Gasteiger partial charge in [-0.05, 0) is 78.9 Å². The largest absolute Gasteiger partial charge is 0.264 e. The Morgan fingerprint density at radius 3 is 2.48 bits per heavy atom. The van der Waals surface area contributed by atoms with Gasteiger partial charge in [-0.1, -0.05) is 24.3 Å². The molecule has 4 rings (SSSR count). The molecule has 0 aliphatic rings. The number of hydrogen-bond acceptors (Lipinski definition) is 3. The molecule has 4 aromatic rings. The van der Waals surface area contributed by atoms with Gasteiger partial charge in [0, 0.05) is 35.8 Å². The molecule has 0 saturated carbocycles. The van der Waals surface area contributed by atoms with Crippen molar-refractivity contribution in [1.29, 1.82) is 0 Å². The first-order valence-corrected chi connectivity index (χ1v) is 9.89. The molecule has 0 amide bonds. The molecule has 0 saturated heterocycles. The quantitative estimate of drug-likeness (QED) is 0.302.